The number of carbonyl (C=O) groups is 2. The van der Waals surface area contributed by atoms with E-state index in [1.54, 1.807) is 32.9 Å². The molecule has 4 rings (SSSR count). The fraction of sp³-hybridized carbons (Fsp3) is 0.241. The number of hydrogen-bond donors (Lipinski definition) is 1. The number of carbonyl (C=O) groups excluding carboxylic acids is 2. The number of hydrogen-bond acceptors (Lipinski definition) is 5. The van der Waals surface area contributed by atoms with Crippen LogP contribution < -0.4 is 10.1 Å². The predicted molar refractivity (Wildman–Crippen MR) is 137 cm³/mol. The molecule has 0 saturated heterocycles. The van der Waals surface area contributed by atoms with Crippen molar-refractivity contribution in [2.24, 2.45) is 0 Å². The minimum Gasteiger partial charge on any atom is -0.493 e. The zero-order chi connectivity index (χ0) is 26.9. The van der Waals surface area contributed by atoms with Crippen molar-refractivity contribution in [1.82, 2.24) is 5.32 Å². The van der Waals surface area contributed by atoms with E-state index in [9.17, 15) is 18.4 Å². The largest absolute Gasteiger partial charge is 0.493 e. The minimum atomic E-state index is -0.801. The van der Waals surface area contributed by atoms with Crippen LogP contribution in [0.2, 0.25) is 0 Å². The molecule has 1 aromatic heterocycles. The smallest absolute Gasteiger partial charge is 0.341 e. The molecule has 37 heavy (non-hydrogen) atoms. The van der Waals surface area contributed by atoms with Crippen LogP contribution in [0.3, 0.4) is 0 Å². The van der Waals surface area contributed by atoms with Crippen LogP contribution in [0.4, 0.5) is 8.78 Å². The molecular weight excluding hydrogens is 480 g/mol. The lowest BCUT2D eigenvalue weighted by Gasteiger charge is -2.20. The highest BCUT2D eigenvalue weighted by Crippen LogP contribution is 2.41. The van der Waals surface area contributed by atoms with E-state index in [-0.39, 0.29) is 16.9 Å². The molecule has 192 valence electrons. The SMILES string of the molecule is CCOc1cc2oc(-c3ccc(F)cc3)c(C(=O)NC)c2cc1-c1ccc(F)c(C(=O)OC(C)(C)C)c1. The van der Waals surface area contributed by atoms with Crippen LogP contribution in [0, 0.1) is 11.6 Å². The highest BCUT2D eigenvalue weighted by Gasteiger charge is 2.25. The van der Waals surface area contributed by atoms with E-state index in [2.05, 4.69) is 5.32 Å². The maximum Gasteiger partial charge on any atom is 0.341 e. The molecule has 0 atom stereocenters. The van der Waals surface area contributed by atoms with E-state index < -0.39 is 29.1 Å². The van der Waals surface area contributed by atoms with Gasteiger partial charge < -0.3 is 19.2 Å². The van der Waals surface area contributed by atoms with Crippen LogP contribution in [0.25, 0.3) is 33.4 Å². The maximum absolute atomic E-state index is 14.6. The molecule has 1 N–H and O–H groups in total. The summed E-state index contributed by atoms with van der Waals surface area (Å²) in [6, 6.07) is 13.1. The summed E-state index contributed by atoms with van der Waals surface area (Å²) in [6.07, 6.45) is 0. The van der Waals surface area contributed by atoms with Gasteiger partial charge in [-0.05, 0) is 75.7 Å². The normalized spacial score (nSPS) is 11.4. The second kappa shape index (κ2) is 10.0. The highest BCUT2D eigenvalue weighted by molar-refractivity contribution is 6.12. The maximum atomic E-state index is 14.6. The van der Waals surface area contributed by atoms with Gasteiger partial charge in [0.05, 0.1) is 17.7 Å². The number of furan rings is 1. The monoisotopic (exact) mass is 507 g/mol. The third kappa shape index (κ3) is 5.33. The zero-order valence-electron chi connectivity index (χ0n) is 21.2. The third-order valence-corrected chi connectivity index (χ3v) is 5.55. The van der Waals surface area contributed by atoms with E-state index in [0.29, 0.717) is 40.0 Å². The van der Waals surface area contributed by atoms with Gasteiger partial charge in [0, 0.05) is 29.6 Å². The number of fused-ring (bicyclic) bond motifs is 1. The first-order valence-electron chi connectivity index (χ1n) is 11.8. The topological polar surface area (TPSA) is 77.8 Å². The van der Waals surface area contributed by atoms with Crippen molar-refractivity contribution in [3.8, 4) is 28.2 Å². The minimum absolute atomic E-state index is 0.222. The summed E-state index contributed by atoms with van der Waals surface area (Å²) in [5.41, 5.74) is 1.13. The van der Waals surface area contributed by atoms with Crippen molar-refractivity contribution in [1.29, 1.82) is 0 Å². The summed E-state index contributed by atoms with van der Waals surface area (Å²) >= 11 is 0. The molecular formula is C29H27F2NO5. The number of nitrogens with one attached hydrogen (secondary N) is 1. The number of esters is 1. The Morgan fingerprint density at radius 2 is 1.65 bits per heavy atom. The average molecular weight is 508 g/mol. The Hall–Kier alpha value is -4.20. The van der Waals surface area contributed by atoms with Gasteiger partial charge in [-0.2, -0.15) is 0 Å². The van der Waals surface area contributed by atoms with E-state index in [1.165, 1.54) is 49.5 Å². The lowest BCUT2D eigenvalue weighted by atomic mass is 9.97. The number of rotatable bonds is 6. The molecule has 0 aliphatic carbocycles. The fourth-order valence-electron chi connectivity index (χ4n) is 3.96. The van der Waals surface area contributed by atoms with Crippen molar-refractivity contribution >= 4 is 22.8 Å². The zero-order valence-corrected chi connectivity index (χ0v) is 21.2. The Morgan fingerprint density at radius 3 is 2.27 bits per heavy atom. The van der Waals surface area contributed by atoms with Crippen LogP contribution in [-0.4, -0.2) is 31.1 Å². The first-order valence-corrected chi connectivity index (χ1v) is 11.8. The van der Waals surface area contributed by atoms with Crippen LogP contribution in [0.1, 0.15) is 48.4 Å². The predicted octanol–water partition coefficient (Wildman–Crippen LogP) is 6.76. The molecule has 0 spiro atoms. The van der Waals surface area contributed by atoms with Crippen molar-refractivity contribution in [3.63, 3.8) is 0 Å². The Morgan fingerprint density at radius 1 is 0.973 bits per heavy atom. The summed E-state index contributed by atoms with van der Waals surface area (Å²) in [6.45, 7) is 7.24. The van der Waals surface area contributed by atoms with Gasteiger partial charge in [0.15, 0.2) is 0 Å². The van der Waals surface area contributed by atoms with Crippen LogP contribution in [0.15, 0.2) is 59.0 Å². The van der Waals surface area contributed by atoms with E-state index in [4.69, 9.17) is 13.9 Å². The molecule has 0 unspecified atom stereocenters. The van der Waals surface area contributed by atoms with Gasteiger partial charge in [-0.15, -0.1) is 0 Å². The number of amides is 1. The summed E-state index contributed by atoms with van der Waals surface area (Å²) in [4.78, 5) is 25.6. The number of ether oxygens (including phenoxy) is 2. The van der Waals surface area contributed by atoms with Gasteiger partial charge in [-0.25, -0.2) is 13.6 Å². The standard InChI is InChI=1S/C29H27F2NO5/c1-6-35-23-15-24-21(25(27(33)32-5)26(36-24)16-7-10-18(30)11-8-16)14-19(23)17-9-12-22(31)20(13-17)28(34)37-29(2,3)4/h7-15H,6H2,1-5H3,(H,32,33). The molecule has 0 radical (unpaired) electrons. The van der Waals surface area contributed by atoms with Gasteiger partial charge >= 0.3 is 5.97 Å². The van der Waals surface area contributed by atoms with Crippen molar-refractivity contribution < 1.29 is 32.3 Å². The summed E-state index contributed by atoms with van der Waals surface area (Å²) in [5, 5.41) is 3.09. The lowest BCUT2D eigenvalue weighted by Crippen LogP contribution is -2.24. The molecule has 6 nitrogen and oxygen atoms in total. The second-order valence-corrected chi connectivity index (χ2v) is 9.37. The Bertz CT molecular complexity index is 1480. The molecule has 0 fully saturated rings. The molecule has 0 bridgehead atoms. The quantitative estimate of drug-likeness (QED) is 0.292. The second-order valence-electron chi connectivity index (χ2n) is 9.37. The molecule has 0 aliphatic rings. The number of benzene rings is 3. The van der Waals surface area contributed by atoms with Crippen molar-refractivity contribution in [2.75, 3.05) is 13.7 Å². The average Bonchev–Trinajstić information content (AvgIpc) is 3.21. The van der Waals surface area contributed by atoms with E-state index in [1.807, 2.05) is 6.92 Å². The summed E-state index contributed by atoms with van der Waals surface area (Å²) in [5.74, 6) is -1.65. The summed E-state index contributed by atoms with van der Waals surface area (Å²) < 4.78 is 45.4. The molecule has 8 heteroatoms. The lowest BCUT2D eigenvalue weighted by molar-refractivity contribution is 0.00646. The number of halogens is 2. The third-order valence-electron chi connectivity index (χ3n) is 5.55. The summed E-state index contributed by atoms with van der Waals surface area (Å²) in [7, 11) is 1.50. The van der Waals surface area contributed by atoms with Crippen LogP contribution in [-0.2, 0) is 4.74 Å². The van der Waals surface area contributed by atoms with Gasteiger partial charge in [0.1, 0.15) is 34.3 Å². The molecule has 0 aliphatic heterocycles. The van der Waals surface area contributed by atoms with E-state index in [0.717, 1.165) is 0 Å². The first-order chi connectivity index (χ1) is 17.5. The Labute approximate surface area is 213 Å². The highest BCUT2D eigenvalue weighted by atomic mass is 19.1. The Kier molecular flexibility index (Phi) is 7.03. The molecule has 0 saturated carbocycles. The van der Waals surface area contributed by atoms with Crippen LogP contribution >= 0.6 is 0 Å². The molecule has 4 aromatic rings. The van der Waals surface area contributed by atoms with Gasteiger partial charge in [0.2, 0.25) is 0 Å². The van der Waals surface area contributed by atoms with Crippen molar-refractivity contribution in [3.05, 3.63) is 77.4 Å². The Balaban J connectivity index is 1.94. The molecule has 3 aromatic carbocycles. The van der Waals surface area contributed by atoms with E-state index >= 15 is 0 Å². The van der Waals surface area contributed by atoms with Crippen molar-refractivity contribution in [2.45, 2.75) is 33.3 Å². The fourth-order valence-corrected chi connectivity index (χ4v) is 3.96. The molecule has 1 heterocycles. The van der Waals surface area contributed by atoms with Gasteiger partial charge in [-0.1, -0.05) is 6.07 Å². The first kappa shape index (κ1) is 25.9. The van der Waals surface area contributed by atoms with Crippen LogP contribution in [0.5, 0.6) is 5.75 Å². The van der Waals surface area contributed by atoms with Gasteiger partial charge in [-0.3, -0.25) is 4.79 Å². The van der Waals surface area contributed by atoms with Gasteiger partial charge in [0.25, 0.3) is 5.91 Å². The molecule has 1 amide bonds.